The first-order valence-electron chi connectivity index (χ1n) is 5.20. The van der Waals surface area contributed by atoms with E-state index in [0.29, 0.717) is 5.69 Å². The van der Waals surface area contributed by atoms with Gasteiger partial charge in [-0.15, -0.1) is 0 Å². The summed E-state index contributed by atoms with van der Waals surface area (Å²) in [5.74, 6) is -1.53. The Labute approximate surface area is 100.0 Å². The van der Waals surface area contributed by atoms with E-state index >= 15 is 0 Å². The maximum Gasteiger partial charge on any atom is 0.328 e. The standard InChI is InChI=1S/C13H15NO3/c1-8-4-5-9(2)11(6-8)14-13(17)10(3)7-12(15)16/h4-7H,1-3H3,(H,14,17)(H,15,16)/b10-7-. The fraction of sp³-hybridized carbons (Fsp3) is 0.231. The molecule has 0 spiro atoms. The number of hydrogen-bond acceptors (Lipinski definition) is 2. The number of rotatable bonds is 3. The van der Waals surface area contributed by atoms with Crippen molar-refractivity contribution in [1.82, 2.24) is 0 Å². The molecule has 4 heteroatoms. The van der Waals surface area contributed by atoms with Crippen LogP contribution in [0.5, 0.6) is 0 Å². The topological polar surface area (TPSA) is 66.4 Å². The molecule has 0 aliphatic carbocycles. The number of carboxylic acids is 1. The quantitative estimate of drug-likeness (QED) is 0.787. The van der Waals surface area contributed by atoms with Gasteiger partial charge < -0.3 is 10.4 Å². The highest BCUT2D eigenvalue weighted by atomic mass is 16.4. The molecule has 1 aromatic rings. The van der Waals surface area contributed by atoms with Crippen LogP contribution in [0.25, 0.3) is 0 Å². The minimum atomic E-state index is -1.13. The van der Waals surface area contributed by atoms with Crippen molar-refractivity contribution in [2.24, 2.45) is 0 Å². The molecule has 0 aliphatic rings. The van der Waals surface area contributed by atoms with E-state index in [0.717, 1.165) is 17.2 Å². The van der Waals surface area contributed by atoms with Crippen molar-refractivity contribution in [2.75, 3.05) is 5.32 Å². The lowest BCUT2D eigenvalue weighted by atomic mass is 10.1. The third-order valence-electron chi connectivity index (χ3n) is 2.34. The van der Waals surface area contributed by atoms with Gasteiger partial charge in [-0.05, 0) is 38.0 Å². The van der Waals surface area contributed by atoms with Gasteiger partial charge in [0.1, 0.15) is 0 Å². The maximum absolute atomic E-state index is 11.7. The van der Waals surface area contributed by atoms with Crippen LogP contribution < -0.4 is 5.32 Å². The molecule has 90 valence electrons. The molecule has 0 radical (unpaired) electrons. The Bertz CT molecular complexity index is 489. The van der Waals surface area contributed by atoms with Gasteiger partial charge in [-0.2, -0.15) is 0 Å². The largest absolute Gasteiger partial charge is 0.478 e. The zero-order valence-corrected chi connectivity index (χ0v) is 10.1. The van der Waals surface area contributed by atoms with Gasteiger partial charge in [-0.25, -0.2) is 4.79 Å². The molecule has 1 amide bonds. The number of hydrogen-bond donors (Lipinski definition) is 2. The molecular weight excluding hydrogens is 218 g/mol. The Morgan fingerprint density at radius 2 is 1.94 bits per heavy atom. The number of amides is 1. The molecular formula is C13H15NO3. The molecule has 0 heterocycles. The van der Waals surface area contributed by atoms with Gasteiger partial charge in [0, 0.05) is 17.3 Å². The van der Waals surface area contributed by atoms with Crippen molar-refractivity contribution in [3.63, 3.8) is 0 Å². The summed E-state index contributed by atoms with van der Waals surface area (Å²) >= 11 is 0. The number of carbonyl (C=O) groups is 2. The van der Waals surface area contributed by atoms with E-state index in [9.17, 15) is 9.59 Å². The van der Waals surface area contributed by atoms with Crippen molar-refractivity contribution in [3.8, 4) is 0 Å². The lowest BCUT2D eigenvalue weighted by Crippen LogP contribution is -2.14. The van der Waals surface area contributed by atoms with E-state index in [-0.39, 0.29) is 5.57 Å². The lowest BCUT2D eigenvalue weighted by molar-refractivity contribution is -0.131. The second-order valence-corrected chi connectivity index (χ2v) is 3.94. The summed E-state index contributed by atoms with van der Waals surface area (Å²) < 4.78 is 0. The number of carboxylic acid groups (broad SMARTS) is 1. The Morgan fingerprint density at radius 1 is 1.29 bits per heavy atom. The van der Waals surface area contributed by atoms with Crippen LogP contribution in [0.2, 0.25) is 0 Å². The zero-order valence-electron chi connectivity index (χ0n) is 10.1. The predicted molar refractivity (Wildman–Crippen MR) is 65.9 cm³/mol. The Morgan fingerprint density at radius 3 is 2.53 bits per heavy atom. The molecule has 2 N–H and O–H groups in total. The summed E-state index contributed by atoms with van der Waals surface area (Å²) in [5, 5.41) is 11.2. The molecule has 0 aromatic heterocycles. The molecule has 0 saturated carbocycles. The predicted octanol–water partition coefficient (Wildman–Crippen LogP) is 2.27. The first kappa shape index (κ1) is 13.0. The number of aryl methyl sites for hydroxylation is 2. The number of carbonyl (C=O) groups excluding carboxylic acids is 1. The zero-order chi connectivity index (χ0) is 13.0. The van der Waals surface area contributed by atoms with E-state index in [1.807, 2.05) is 32.0 Å². The highest BCUT2D eigenvalue weighted by molar-refractivity contribution is 6.06. The van der Waals surface area contributed by atoms with Gasteiger partial charge in [-0.1, -0.05) is 12.1 Å². The monoisotopic (exact) mass is 233 g/mol. The van der Waals surface area contributed by atoms with Gasteiger partial charge in [0.15, 0.2) is 0 Å². The minimum absolute atomic E-state index is 0.165. The average Bonchev–Trinajstić information content (AvgIpc) is 2.22. The van der Waals surface area contributed by atoms with Crippen LogP contribution in [0.3, 0.4) is 0 Å². The Balaban J connectivity index is 2.88. The molecule has 1 aromatic carbocycles. The smallest absolute Gasteiger partial charge is 0.328 e. The number of anilines is 1. The van der Waals surface area contributed by atoms with Crippen LogP contribution in [0.1, 0.15) is 18.1 Å². The van der Waals surface area contributed by atoms with Crippen LogP contribution in [-0.4, -0.2) is 17.0 Å². The SMILES string of the molecule is C/C(=C/C(=O)O)C(=O)Nc1cc(C)ccc1C. The maximum atomic E-state index is 11.7. The van der Waals surface area contributed by atoms with E-state index < -0.39 is 11.9 Å². The number of aliphatic carboxylic acids is 1. The van der Waals surface area contributed by atoms with E-state index in [4.69, 9.17) is 5.11 Å². The number of nitrogens with one attached hydrogen (secondary N) is 1. The van der Waals surface area contributed by atoms with E-state index in [1.54, 1.807) is 0 Å². The molecule has 0 aliphatic heterocycles. The van der Waals surface area contributed by atoms with Crippen LogP contribution >= 0.6 is 0 Å². The lowest BCUT2D eigenvalue weighted by Gasteiger charge is -2.09. The molecule has 0 saturated heterocycles. The molecule has 0 fully saturated rings. The fourth-order valence-corrected chi connectivity index (χ4v) is 1.34. The van der Waals surface area contributed by atoms with E-state index in [1.165, 1.54) is 6.92 Å². The normalized spacial score (nSPS) is 11.1. The summed E-state index contributed by atoms with van der Waals surface area (Å²) in [4.78, 5) is 22.1. The van der Waals surface area contributed by atoms with Crippen molar-refractivity contribution in [3.05, 3.63) is 41.0 Å². The van der Waals surface area contributed by atoms with Crippen LogP contribution in [0.4, 0.5) is 5.69 Å². The molecule has 0 unspecified atom stereocenters. The first-order chi connectivity index (χ1) is 7.90. The fourth-order valence-electron chi connectivity index (χ4n) is 1.34. The van der Waals surface area contributed by atoms with Gasteiger partial charge in [0.2, 0.25) is 0 Å². The number of benzene rings is 1. The molecule has 0 bridgehead atoms. The highest BCUT2D eigenvalue weighted by Crippen LogP contribution is 2.17. The van der Waals surface area contributed by atoms with Crippen LogP contribution in [0.15, 0.2) is 29.8 Å². The van der Waals surface area contributed by atoms with Gasteiger partial charge in [0.25, 0.3) is 5.91 Å². The highest BCUT2D eigenvalue weighted by Gasteiger charge is 2.08. The summed E-state index contributed by atoms with van der Waals surface area (Å²) in [7, 11) is 0. The second kappa shape index (κ2) is 5.30. The van der Waals surface area contributed by atoms with Crippen molar-refractivity contribution in [1.29, 1.82) is 0 Å². The summed E-state index contributed by atoms with van der Waals surface area (Å²) in [6.07, 6.45) is 0.889. The Kier molecular flexibility index (Phi) is 4.04. The summed E-state index contributed by atoms with van der Waals surface area (Å²) in [6, 6.07) is 5.70. The van der Waals surface area contributed by atoms with Gasteiger partial charge in [-0.3, -0.25) is 4.79 Å². The van der Waals surface area contributed by atoms with Crippen LogP contribution in [-0.2, 0) is 9.59 Å². The van der Waals surface area contributed by atoms with Crippen molar-refractivity contribution >= 4 is 17.6 Å². The van der Waals surface area contributed by atoms with E-state index in [2.05, 4.69) is 5.32 Å². The molecule has 1 rings (SSSR count). The van der Waals surface area contributed by atoms with Gasteiger partial charge >= 0.3 is 5.97 Å². The Hall–Kier alpha value is -2.10. The summed E-state index contributed by atoms with van der Waals surface area (Å²) in [5.41, 5.74) is 2.84. The van der Waals surface area contributed by atoms with Crippen molar-refractivity contribution < 1.29 is 14.7 Å². The minimum Gasteiger partial charge on any atom is -0.478 e. The van der Waals surface area contributed by atoms with Crippen LogP contribution in [0, 0.1) is 13.8 Å². The molecule has 17 heavy (non-hydrogen) atoms. The van der Waals surface area contributed by atoms with Gasteiger partial charge in [0.05, 0.1) is 0 Å². The second-order valence-electron chi connectivity index (χ2n) is 3.94. The molecule has 0 atom stereocenters. The third-order valence-corrected chi connectivity index (χ3v) is 2.34. The average molecular weight is 233 g/mol. The first-order valence-corrected chi connectivity index (χ1v) is 5.20. The van der Waals surface area contributed by atoms with Crippen molar-refractivity contribution in [2.45, 2.75) is 20.8 Å². The summed E-state index contributed by atoms with van der Waals surface area (Å²) in [6.45, 7) is 5.27. The third kappa shape index (κ3) is 3.75. The molecule has 4 nitrogen and oxygen atoms in total.